The molecular weight excluding hydrogens is 372 g/mol. The van der Waals surface area contributed by atoms with Gasteiger partial charge < -0.3 is 14.5 Å². The van der Waals surface area contributed by atoms with E-state index < -0.39 is 0 Å². The minimum atomic E-state index is -0.108. The number of aromatic nitrogens is 2. The first kappa shape index (κ1) is 16.8. The fraction of sp³-hybridized carbons (Fsp3) is 0.412. The summed E-state index contributed by atoms with van der Waals surface area (Å²) in [6, 6.07) is 8.15. The molecule has 0 spiro atoms. The molecule has 7 heteroatoms. The molecule has 0 atom stereocenters. The van der Waals surface area contributed by atoms with Crippen molar-refractivity contribution < 1.29 is 4.74 Å². The summed E-state index contributed by atoms with van der Waals surface area (Å²) < 4.78 is 7.14. The summed E-state index contributed by atoms with van der Waals surface area (Å²) in [4.78, 5) is 16.7. The van der Waals surface area contributed by atoms with Crippen LogP contribution < -0.4 is 20.1 Å². The van der Waals surface area contributed by atoms with Crippen LogP contribution in [0.1, 0.15) is 6.42 Å². The normalized spacial score (nSPS) is 15.3. The van der Waals surface area contributed by atoms with Crippen LogP contribution in [0.25, 0.3) is 0 Å². The van der Waals surface area contributed by atoms with Crippen molar-refractivity contribution in [3.63, 3.8) is 0 Å². The summed E-state index contributed by atoms with van der Waals surface area (Å²) in [6.45, 7) is 3.63. The number of anilines is 2. The van der Waals surface area contributed by atoms with Crippen LogP contribution in [0.3, 0.4) is 0 Å². The second-order valence-corrected chi connectivity index (χ2v) is 6.59. The fourth-order valence-corrected chi connectivity index (χ4v) is 3.54. The molecule has 1 saturated heterocycles. The summed E-state index contributed by atoms with van der Waals surface area (Å²) in [5, 5.41) is 4.15. The van der Waals surface area contributed by atoms with E-state index in [1.807, 2.05) is 12.1 Å². The molecule has 1 aromatic carbocycles. The van der Waals surface area contributed by atoms with E-state index in [4.69, 9.17) is 4.74 Å². The Balaban J connectivity index is 1.75. The molecule has 0 radical (unpaired) electrons. The summed E-state index contributed by atoms with van der Waals surface area (Å²) in [6.07, 6.45) is 2.78. The molecule has 0 amide bonds. The lowest BCUT2D eigenvalue weighted by Gasteiger charge is -2.25. The predicted octanol–water partition coefficient (Wildman–Crippen LogP) is 2.27. The van der Waals surface area contributed by atoms with Crippen LogP contribution in [0, 0.1) is 0 Å². The number of nitrogens with zero attached hydrogens (tertiary/aromatic N) is 4. The van der Waals surface area contributed by atoms with E-state index in [2.05, 4.69) is 43.0 Å². The van der Waals surface area contributed by atoms with E-state index in [9.17, 15) is 4.79 Å². The van der Waals surface area contributed by atoms with Gasteiger partial charge in [0.1, 0.15) is 10.2 Å². The summed E-state index contributed by atoms with van der Waals surface area (Å²) in [7, 11) is 3.33. The minimum Gasteiger partial charge on any atom is -0.497 e. The van der Waals surface area contributed by atoms with E-state index in [0.29, 0.717) is 4.47 Å². The molecule has 1 fully saturated rings. The second-order valence-electron chi connectivity index (χ2n) is 5.80. The van der Waals surface area contributed by atoms with Gasteiger partial charge in [0.2, 0.25) is 0 Å². The lowest BCUT2D eigenvalue weighted by Crippen LogP contribution is -2.32. The SMILES string of the molecule is COc1ccc(N2CCCN(c3cnn(C)c(=O)c3Br)CC2)cc1. The van der Waals surface area contributed by atoms with Gasteiger partial charge in [0, 0.05) is 38.9 Å². The highest BCUT2D eigenvalue weighted by molar-refractivity contribution is 9.10. The van der Waals surface area contributed by atoms with Crippen LogP contribution >= 0.6 is 15.9 Å². The van der Waals surface area contributed by atoms with Crippen LogP contribution in [0.15, 0.2) is 39.7 Å². The van der Waals surface area contributed by atoms with Crippen molar-refractivity contribution in [3.8, 4) is 5.75 Å². The zero-order valence-electron chi connectivity index (χ0n) is 13.9. The van der Waals surface area contributed by atoms with Crippen LogP contribution in [0.4, 0.5) is 11.4 Å². The van der Waals surface area contributed by atoms with Gasteiger partial charge in [-0.3, -0.25) is 4.79 Å². The van der Waals surface area contributed by atoms with E-state index in [1.165, 1.54) is 10.4 Å². The van der Waals surface area contributed by atoms with Gasteiger partial charge in [-0.15, -0.1) is 0 Å². The van der Waals surface area contributed by atoms with Crippen molar-refractivity contribution in [2.75, 3.05) is 43.1 Å². The van der Waals surface area contributed by atoms with Crippen molar-refractivity contribution in [3.05, 3.63) is 45.3 Å². The molecule has 1 aliphatic heterocycles. The molecule has 0 bridgehead atoms. The molecule has 2 heterocycles. The topological polar surface area (TPSA) is 50.6 Å². The Morgan fingerprint density at radius 1 is 1.08 bits per heavy atom. The quantitative estimate of drug-likeness (QED) is 0.801. The monoisotopic (exact) mass is 392 g/mol. The molecule has 0 aliphatic carbocycles. The van der Waals surface area contributed by atoms with Crippen LogP contribution in [0.5, 0.6) is 5.75 Å². The van der Waals surface area contributed by atoms with Gasteiger partial charge >= 0.3 is 0 Å². The Hall–Kier alpha value is -2.02. The van der Waals surface area contributed by atoms with Crippen molar-refractivity contribution >= 4 is 27.3 Å². The Bertz CT molecular complexity index is 760. The number of aryl methyl sites for hydroxylation is 1. The number of hydrogen-bond acceptors (Lipinski definition) is 5. The lowest BCUT2D eigenvalue weighted by atomic mass is 10.2. The number of ether oxygens (including phenoxy) is 1. The third-order valence-corrected chi connectivity index (χ3v) is 5.08. The molecule has 0 unspecified atom stereocenters. The van der Waals surface area contributed by atoms with Gasteiger partial charge in [-0.05, 0) is 46.6 Å². The minimum absolute atomic E-state index is 0.108. The van der Waals surface area contributed by atoms with Crippen molar-refractivity contribution in [2.24, 2.45) is 7.05 Å². The maximum atomic E-state index is 12.1. The summed E-state index contributed by atoms with van der Waals surface area (Å²) in [5.74, 6) is 0.866. The Labute approximate surface area is 149 Å². The standard InChI is InChI=1S/C17H21BrN4O2/c1-20-17(23)16(18)15(12-19-20)22-9-3-8-21(10-11-22)13-4-6-14(24-2)7-5-13/h4-7,12H,3,8-11H2,1-2H3. The van der Waals surface area contributed by atoms with Gasteiger partial charge in [0.25, 0.3) is 5.56 Å². The molecule has 1 aromatic heterocycles. The first-order valence-corrected chi connectivity index (χ1v) is 8.75. The van der Waals surface area contributed by atoms with Gasteiger partial charge in [-0.1, -0.05) is 0 Å². The highest BCUT2D eigenvalue weighted by atomic mass is 79.9. The number of methoxy groups -OCH3 is 1. The lowest BCUT2D eigenvalue weighted by molar-refractivity contribution is 0.415. The van der Waals surface area contributed by atoms with Crippen molar-refractivity contribution in [1.29, 1.82) is 0 Å². The number of halogens is 1. The zero-order valence-corrected chi connectivity index (χ0v) is 15.5. The molecule has 2 aromatic rings. The highest BCUT2D eigenvalue weighted by Gasteiger charge is 2.19. The third-order valence-electron chi connectivity index (χ3n) is 4.33. The first-order valence-electron chi connectivity index (χ1n) is 7.96. The Morgan fingerprint density at radius 3 is 2.46 bits per heavy atom. The third kappa shape index (κ3) is 3.40. The fourth-order valence-electron chi connectivity index (χ4n) is 2.93. The highest BCUT2D eigenvalue weighted by Crippen LogP contribution is 2.25. The maximum absolute atomic E-state index is 12.1. The van der Waals surface area contributed by atoms with Crippen molar-refractivity contribution in [2.45, 2.75) is 6.42 Å². The van der Waals surface area contributed by atoms with Gasteiger partial charge in [0.05, 0.1) is 19.0 Å². The van der Waals surface area contributed by atoms with Gasteiger partial charge in [-0.25, -0.2) is 4.68 Å². The molecule has 24 heavy (non-hydrogen) atoms. The average Bonchev–Trinajstić information content (AvgIpc) is 2.86. The molecule has 3 rings (SSSR count). The smallest absolute Gasteiger partial charge is 0.282 e. The van der Waals surface area contributed by atoms with E-state index >= 15 is 0 Å². The van der Waals surface area contributed by atoms with E-state index in [0.717, 1.165) is 44.0 Å². The van der Waals surface area contributed by atoms with Crippen molar-refractivity contribution in [1.82, 2.24) is 9.78 Å². The molecule has 0 saturated carbocycles. The first-order chi connectivity index (χ1) is 11.6. The second kappa shape index (κ2) is 7.25. The Kier molecular flexibility index (Phi) is 5.08. The largest absolute Gasteiger partial charge is 0.497 e. The number of rotatable bonds is 3. The van der Waals surface area contributed by atoms with Crippen LogP contribution in [-0.4, -0.2) is 43.1 Å². The van der Waals surface area contributed by atoms with E-state index in [1.54, 1.807) is 20.4 Å². The predicted molar refractivity (Wildman–Crippen MR) is 99.2 cm³/mol. The average molecular weight is 393 g/mol. The number of hydrogen-bond donors (Lipinski definition) is 0. The Morgan fingerprint density at radius 2 is 1.75 bits per heavy atom. The zero-order chi connectivity index (χ0) is 17.1. The molecule has 1 aliphatic rings. The summed E-state index contributed by atoms with van der Waals surface area (Å²) in [5.41, 5.74) is 1.96. The van der Waals surface area contributed by atoms with Gasteiger partial charge in [-0.2, -0.15) is 5.10 Å². The van der Waals surface area contributed by atoms with Crippen LogP contribution in [0.2, 0.25) is 0 Å². The summed E-state index contributed by atoms with van der Waals surface area (Å²) >= 11 is 3.43. The molecule has 0 N–H and O–H groups in total. The van der Waals surface area contributed by atoms with E-state index in [-0.39, 0.29) is 5.56 Å². The van der Waals surface area contributed by atoms with Gasteiger partial charge in [0.15, 0.2) is 0 Å². The number of benzene rings is 1. The molecular formula is C17H21BrN4O2. The molecule has 6 nitrogen and oxygen atoms in total. The van der Waals surface area contributed by atoms with Crippen LogP contribution in [-0.2, 0) is 7.05 Å². The maximum Gasteiger partial charge on any atom is 0.282 e. The molecule has 128 valence electrons.